The van der Waals surface area contributed by atoms with Gasteiger partial charge in [-0.25, -0.2) is 0 Å². The minimum atomic E-state index is 0.805. The monoisotopic (exact) mass is 347 g/mol. The van der Waals surface area contributed by atoms with Gasteiger partial charge in [0.15, 0.2) is 0 Å². The van der Waals surface area contributed by atoms with Crippen LogP contribution in [0, 0.1) is 5.92 Å². The first-order chi connectivity index (χ1) is 7.67. The molecule has 0 aliphatic rings. The highest BCUT2D eigenvalue weighted by atomic mass is 79.9. The van der Waals surface area contributed by atoms with Crippen LogP contribution in [-0.4, -0.2) is 6.54 Å². The summed E-state index contributed by atoms with van der Waals surface area (Å²) in [6.45, 7) is 6.57. The lowest BCUT2D eigenvalue weighted by Crippen LogP contribution is -2.21. The summed E-state index contributed by atoms with van der Waals surface area (Å²) in [5.41, 5.74) is 1.32. The van der Waals surface area contributed by atoms with E-state index in [1.54, 1.807) is 0 Å². The summed E-state index contributed by atoms with van der Waals surface area (Å²) in [5.74, 6) is 0.805. The Kier molecular flexibility index (Phi) is 6.62. The number of nitrogens with one attached hydrogen (secondary N) is 1. The summed E-state index contributed by atoms with van der Waals surface area (Å²) < 4.78 is 2.23. The van der Waals surface area contributed by atoms with Crippen molar-refractivity contribution in [3.05, 3.63) is 32.7 Å². The lowest BCUT2D eigenvalue weighted by molar-refractivity contribution is 0.449. The molecule has 0 amide bonds. The van der Waals surface area contributed by atoms with E-state index in [1.165, 1.54) is 18.4 Å². The van der Waals surface area contributed by atoms with Crippen molar-refractivity contribution in [2.75, 3.05) is 6.54 Å². The third-order valence-corrected chi connectivity index (χ3v) is 4.78. The molecule has 0 atom stereocenters. The molecule has 1 rings (SSSR count). The standard InChI is InChI=1S/C13H19Br2N/c1-3-10(4-2)8-16-9-11-5-6-12(14)13(15)7-11/h5-7,10,16H,3-4,8-9H2,1-2H3. The van der Waals surface area contributed by atoms with Gasteiger partial charge in [-0.15, -0.1) is 0 Å². The molecule has 1 N–H and O–H groups in total. The van der Waals surface area contributed by atoms with Crippen LogP contribution in [0.25, 0.3) is 0 Å². The van der Waals surface area contributed by atoms with Crippen molar-refractivity contribution < 1.29 is 0 Å². The molecule has 0 spiro atoms. The molecular formula is C13H19Br2N. The summed E-state index contributed by atoms with van der Waals surface area (Å²) in [7, 11) is 0. The molecular weight excluding hydrogens is 330 g/mol. The van der Waals surface area contributed by atoms with Crippen LogP contribution in [0.5, 0.6) is 0 Å². The topological polar surface area (TPSA) is 12.0 Å². The zero-order chi connectivity index (χ0) is 12.0. The molecule has 90 valence electrons. The lowest BCUT2D eigenvalue weighted by atomic mass is 10.0. The molecule has 1 aromatic carbocycles. The predicted octanol–water partition coefficient (Wildman–Crippen LogP) is 4.74. The maximum Gasteiger partial charge on any atom is 0.0320 e. The number of halogens is 2. The van der Waals surface area contributed by atoms with Crippen LogP contribution in [0.15, 0.2) is 27.1 Å². The minimum Gasteiger partial charge on any atom is -0.312 e. The lowest BCUT2D eigenvalue weighted by Gasteiger charge is -2.13. The SMILES string of the molecule is CCC(CC)CNCc1ccc(Br)c(Br)c1. The van der Waals surface area contributed by atoms with E-state index in [0.717, 1.165) is 28.0 Å². The van der Waals surface area contributed by atoms with Crippen LogP contribution in [0.4, 0.5) is 0 Å². The van der Waals surface area contributed by atoms with E-state index in [0.29, 0.717) is 0 Å². The van der Waals surface area contributed by atoms with Crippen LogP contribution >= 0.6 is 31.9 Å². The van der Waals surface area contributed by atoms with E-state index >= 15 is 0 Å². The van der Waals surface area contributed by atoms with Crippen molar-refractivity contribution in [1.82, 2.24) is 5.32 Å². The molecule has 0 fully saturated rings. The summed E-state index contributed by atoms with van der Waals surface area (Å²) in [6.07, 6.45) is 2.51. The highest BCUT2D eigenvalue weighted by molar-refractivity contribution is 9.13. The van der Waals surface area contributed by atoms with Gasteiger partial charge in [0.1, 0.15) is 0 Å². The van der Waals surface area contributed by atoms with Crippen molar-refractivity contribution in [2.45, 2.75) is 33.2 Å². The Morgan fingerprint density at radius 1 is 1.12 bits per heavy atom. The van der Waals surface area contributed by atoms with Gasteiger partial charge in [-0.05, 0) is 62.0 Å². The Bertz CT molecular complexity index is 322. The van der Waals surface area contributed by atoms with Gasteiger partial charge < -0.3 is 5.32 Å². The van der Waals surface area contributed by atoms with Crippen LogP contribution in [0.3, 0.4) is 0 Å². The predicted molar refractivity (Wildman–Crippen MR) is 77.6 cm³/mol. The number of hydrogen-bond donors (Lipinski definition) is 1. The van der Waals surface area contributed by atoms with Gasteiger partial charge in [-0.2, -0.15) is 0 Å². The molecule has 0 heterocycles. The smallest absolute Gasteiger partial charge is 0.0320 e. The molecule has 0 unspecified atom stereocenters. The van der Waals surface area contributed by atoms with E-state index in [9.17, 15) is 0 Å². The van der Waals surface area contributed by atoms with Gasteiger partial charge >= 0.3 is 0 Å². The van der Waals surface area contributed by atoms with Crippen LogP contribution in [0.2, 0.25) is 0 Å². The molecule has 0 radical (unpaired) electrons. The van der Waals surface area contributed by atoms with Crippen molar-refractivity contribution >= 4 is 31.9 Å². The Labute approximate surface area is 115 Å². The maximum absolute atomic E-state index is 3.52. The quantitative estimate of drug-likeness (QED) is 0.783. The molecule has 0 bridgehead atoms. The van der Waals surface area contributed by atoms with E-state index in [2.05, 4.69) is 69.2 Å². The van der Waals surface area contributed by atoms with Gasteiger partial charge in [0, 0.05) is 15.5 Å². The molecule has 0 aliphatic heterocycles. The average molecular weight is 349 g/mol. The second kappa shape index (κ2) is 7.46. The number of hydrogen-bond acceptors (Lipinski definition) is 1. The van der Waals surface area contributed by atoms with E-state index in [4.69, 9.17) is 0 Å². The van der Waals surface area contributed by atoms with Crippen molar-refractivity contribution in [2.24, 2.45) is 5.92 Å². The molecule has 1 aromatic rings. The van der Waals surface area contributed by atoms with E-state index in [1.807, 2.05) is 0 Å². The van der Waals surface area contributed by atoms with Gasteiger partial charge in [-0.3, -0.25) is 0 Å². The fourth-order valence-corrected chi connectivity index (χ4v) is 2.32. The first-order valence-electron chi connectivity index (χ1n) is 5.82. The summed E-state index contributed by atoms with van der Waals surface area (Å²) in [4.78, 5) is 0. The van der Waals surface area contributed by atoms with Crippen molar-refractivity contribution in [3.63, 3.8) is 0 Å². The fraction of sp³-hybridized carbons (Fsp3) is 0.538. The molecule has 16 heavy (non-hydrogen) atoms. The fourth-order valence-electron chi connectivity index (χ4n) is 1.65. The molecule has 0 aromatic heterocycles. The highest BCUT2D eigenvalue weighted by Crippen LogP contribution is 2.23. The average Bonchev–Trinajstić information content (AvgIpc) is 2.29. The minimum absolute atomic E-state index is 0.805. The Morgan fingerprint density at radius 3 is 2.38 bits per heavy atom. The zero-order valence-electron chi connectivity index (χ0n) is 9.89. The molecule has 3 heteroatoms. The van der Waals surface area contributed by atoms with Crippen LogP contribution < -0.4 is 5.32 Å². The largest absolute Gasteiger partial charge is 0.312 e. The summed E-state index contributed by atoms with van der Waals surface area (Å²) in [5, 5.41) is 3.51. The molecule has 0 saturated heterocycles. The van der Waals surface area contributed by atoms with Crippen molar-refractivity contribution in [3.8, 4) is 0 Å². The van der Waals surface area contributed by atoms with E-state index in [-0.39, 0.29) is 0 Å². The van der Waals surface area contributed by atoms with Gasteiger partial charge in [0.05, 0.1) is 0 Å². The number of rotatable bonds is 6. The highest BCUT2D eigenvalue weighted by Gasteiger charge is 2.03. The first-order valence-corrected chi connectivity index (χ1v) is 7.40. The third kappa shape index (κ3) is 4.56. The normalized spacial score (nSPS) is 11.1. The Balaban J connectivity index is 2.40. The first kappa shape index (κ1) is 14.2. The molecule has 1 nitrogen and oxygen atoms in total. The van der Waals surface area contributed by atoms with Crippen molar-refractivity contribution in [1.29, 1.82) is 0 Å². The van der Waals surface area contributed by atoms with E-state index < -0.39 is 0 Å². The maximum atomic E-state index is 3.52. The van der Waals surface area contributed by atoms with Gasteiger partial charge in [0.25, 0.3) is 0 Å². The van der Waals surface area contributed by atoms with Crippen LogP contribution in [0.1, 0.15) is 32.3 Å². The second-order valence-electron chi connectivity index (χ2n) is 4.06. The summed E-state index contributed by atoms with van der Waals surface area (Å²) in [6, 6.07) is 6.39. The number of benzene rings is 1. The second-order valence-corrected chi connectivity index (χ2v) is 5.77. The zero-order valence-corrected chi connectivity index (χ0v) is 13.1. The summed E-state index contributed by atoms with van der Waals surface area (Å²) >= 11 is 7.00. The molecule has 0 saturated carbocycles. The molecule has 0 aliphatic carbocycles. The Hall–Kier alpha value is 0.140. The Morgan fingerprint density at radius 2 is 1.81 bits per heavy atom. The van der Waals surface area contributed by atoms with Gasteiger partial charge in [-0.1, -0.05) is 32.8 Å². The van der Waals surface area contributed by atoms with Gasteiger partial charge in [0.2, 0.25) is 0 Å². The van der Waals surface area contributed by atoms with Crippen LogP contribution in [-0.2, 0) is 6.54 Å². The third-order valence-electron chi connectivity index (χ3n) is 2.90.